The molecule has 30 heavy (non-hydrogen) atoms. The molecule has 0 fully saturated rings. The SMILES string of the molecule is C#CNc1ccc(-c2ccc(N(c3cccc(C)c3)c3cccc(C)c3)cc2)cc1. The van der Waals surface area contributed by atoms with E-state index in [-0.39, 0.29) is 0 Å². The molecule has 2 nitrogen and oxygen atoms in total. The van der Waals surface area contributed by atoms with Gasteiger partial charge in [-0.3, -0.25) is 0 Å². The van der Waals surface area contributed by atoms with Gasteiger partial charge in [-0.25, -0.2) is 0 Å². The van der Waals surface area contributed by atoms with Crippen LogP contribution in [-0.2, 0) is 0 Å². The Morgan fingerprint density at radius 2 is 1.13 bits per heavy atom. The zero-order chi connectivity index (χ0) is 20.9. The second kappa shape index (κ2) is 8.59. The molecule has 0 atom stereocenters. The van der Waals surface area contributed by atoms with Gasteiger partial charge in [-0.05, 0) is 84.6 Å². The van der Waals surface area contributed by atoms with Crippen LogP contribution in [0.3, 0.4) is 0 Å². The first kappa shape index (κ1) is 19.4. The highest BCUT2D eigenvalue weighted by Gasteiger charge is 2.13. The average molecular weight is 389 g/mol. The second-order valence-corrected chi connectivity index (χ2v) is 7.41. The number of benzene rings is 4. The Labute approximate surface area is 178 Å². The van der Waals surface area contributed by atoms with Crippen LogP contribution in [0.25, 0.3) is 11.1 Å². The second-order valence-electron chi connectivity index (χ2n) is 7.41. The lowest BCUT2D eigenvalue weighted by Gasteiger charge is -2.26. The number of aryl methyl sites for hydroxylation is 2. The molecule has 0 radical (unpaired) electrons. The van der Waals surface area contributed by atoms with Crippen LogP contribution in [0.4, 0.5) is 22.7 Å². The van der Waals surface area contributed by atoms with Crippen LogP contribution in [-0.4, -0.2) is 0 Å². The van der Waals surface area contributed by atoms with E-state index in [1.54, 1.807) is 0 Å². The van der Waals surface area contributed by atoms with Gasteiger partial charge < -0.3 is 10.2 Å². The topological polar surface area (TPSA) is 15.3 Å². The van der Waals surface area contributed by atoms with Gasteiger partial charge in [0.25, 0.3) is 0 Å². The first-order chi connectivity index (χ1) is 14.6. The molecule has 4 aromatic rings. The molecule has 0 amide bonds. The van der Waals surface area contributed by atoms with Gasteiger partial charge in [0.15, 0.2) is 0 Å². The maximum Gasteiger partial charge on any atom is 0.0464 e. The van der Waals surface area contributed by atoms with Crippen LogP contribution in [0.15, 0.2) is 97.1 Å². The summed E-state index contributed by atoms with van der Waals surface area (Å²) >= 11 is 0. The van der Waals surface area contributed by atoms with Crippen LogP contribution in [0.1, 0.15) is 11.1 Å². The molecule has 0 aliphatic heterocycles. The van der Waals surface area contributed by atoms with Crippen LogP contribution >= 0.6 is 0 Å². The number of anilines is 4. The van der Waals surface area contributed by atoms with Gasteiger partial charge >= 0.3 is 0 Å². The highest BCUT2D eigenvalue weighted by atomic mass is 15.1. The van der Waals surface area contributed by atoms with E-state index in [0.717, 1.165) is 28.3 Å². The molecule has 0 bridgehead atoms. The maximum atomic E-state index is 5.30. The molecule has 146 valence electrons. The summed E-state index contributed by atoms with van der Waals surface area (Å²) < 4.78 is 0. The molecule has 4 rings (SSSR count). The minimum Gasteiger partial charge on any atom is -0.315 e. The minimum atomic E-state index is 0.919. The predicted octanol–water partition coefficient (Wildman–Crippen LogP) is 7.44. The Hall–Kier alpha value is -3.96. The molecule has 1 N–H and O–H groups in total. The van der Waals surface area contributed by atoms with E-state index in [1.807, 2.05) is 12.1 Å². The zero-order valence-electron chi connectivity index (χ0n) is 17.3. The summed E-state index contributed by atoms with van der Waals surface area (Å²) in [5.41, 5.74) is 9.14. The van der Waals surface area contributed by atoms with Crippen molar-refractivity contribution in [3.05, 3.63) is 108 Å². The smallest absolute Gasteiger partial charge is 0.0464 e. The number of terminal acetylenes is 1. The van der Waals surface area contributed by atoms with E-state index >= 15 is 0 Å². The van der Waals surface area contributed by atoms with Crippen molar-refractivity contribution in [2.24, 2.45) is 0 Å². The van der Waals surface area contributed by atoms with E-state index in [2.05, 4.69) is 115 Å². The molecule has 0 aliphatic rings. The van der Waals surface area contributed by atoms with Crippen molar-refractivity contribution in [3.8, 4) is 23.6 Å². The summed E-state index contributed by atoms with van der Waals surface area (Å²) in [6.07, 6.45) is 5.30. The Bertz CT molecular complexity index is 1140. The third-order valence-corrected chi connectivity index (χ3v) is 5.08. The quantitative estimate of drug-likeness (QED) is 0.282. The molecule has 0 unspecified atom stereocenters. The van der Waals surface area contributed by atoms with Crippen molar-refractivity contribution in [2.45, 2.75) is 13.8 Å². The fourth-order valence-corrected chi connectivity index (χ4v) is 3.61. The summed E-state index contributed by atoms with van der Waals surface area (Å²) in [5, 5.41) is 2.88. The van der Waals surface area contributed by atoms with Crippen molar-refractivity contribution in [1.29, 1.82) is 0 Å². The van der Waals surface area contributed by atoms with Gasteiger partial charge in [0, 0.05) is 28.8 Å². The van der Waals surface area contributed by atoms with E-state index in [0.29, 0.717) is 0 Å². The molecule has 0 heterocycles. The number of rotatable bonds is 5. The average Bonchev–Trinajstić information content (AvgIpc) is 2.76. The predicted molar refractivity (Wildman–Crippen MR) is 128 cm³/mol. The molecular weight excluding hydrogens is 364 g/mol. The third kappa shape index (κ3) is 4.21. The number of nitrogens with zero attached hydrogens (tertiary/aromatic N) is 1. The number of nitrogens with one attached hydrogen (secondary N) is 1. The van der Waals surface area contributed by atoms with E-state index < -0.39 is 0 Å². The molecule has 0 saturated carbocycles. The van der Waals surface area contributed by atoms with Crippen LogP contribution in [0, 0.1) is 26.3 Å². The van der Waals surface area contributed by atoms with Crippen LogP contribution in [0.2, 0.25) is 0 Å². The lowest BCUT2D eigenvalue weighted by molar-refractivity contribution is 1.26. The van der Waals surface area contributed by atoms with Crippen molar-refractivity contribution in [3.63, 3.8) is 0 Å². The normalized spacial score (nSPS) is 10.3. The Balaban J connectivity index is 1.72. The van der Waals surface area contributed by atoms with Gasteiger partial charge in [-0.15, -0.1) is 0 Å². The zero-order valence-corrected chi connectivity index (χ0v) is 17.3. The molecule has 0 aliphatic carbocycles. The highest BCUT2D eigenvalue weighted by Crippen LogP contribution is 2.36. The van der Waals surface area contributed by atoms with E-state index in [1.165, 1.54) is 16.7 Å². The first-order valence-corrected chi connectivity index (χ1v) is 9.99. The van der Waals surface area contributed by atoms with E-state index in [9.17, 15) is 0 Å². The van der Waals surface area contributed by atoms with Crippen LogP contribution in [0.5, 0.6) is 0 Å². The van der Waals surface area contributed by atoms with Crippen molar-refractivity contribution >= 4 is 22.7 Å². The molecular formula is C28H24N2. The van der Waals surface area contributed by atoms with Crippen molar-refractivity contribution in [1.82, 2.24) is 0 Å². The summed E-state index contributed by atoms with van der Waals surface area (Å²) in [6, 6.07) is 36.5. The monoisotopic (exact) mass is 388 g/mol. The largest absolute Gasteiger partial charge is 0.315 e. The molecule has 4 aromatic carbocycles. The summed E-state index contributed by atoms with van der Waals surface area (Å²) in [6.45, 7) is 4.25. The highest BCUT2D eigenvalue weighted by molar-refractivity contribution is 5.79. The minimum absolute atomic E-state index is 0.919. The molecule has 0 saturated heterocycles. The van der Waals surface area contributed by atoms with Crippen LogP contribution < -0.4 is 10.2 Å². The van der Waals surface area contributed by atoms with E-state index in [4.69, 9.17) is 6.42 Å². The first-order valence-electron chi connectivity index (χ1n) is 9.99. The lowest BCUT2D eigenvalue weighted by Crippen LogP contribution is -2.10. The number of hydrogen-bond acceptors (Lipinski definition) is 2. The molecule has 2 heteroatoms. The summed E-state index contributed by atoms with van der Waals surface area (Å²) in [7, 11) is 0. The fraction of sp³-hybridized carbons (Fsp3) is 0.0714. The molecule has 0 spiro atoms. The van der Waals surface area contributed by atoms with Gasteiger partial charge in [0.1, 0.15) is 0 Å². The Morgan fingerprint density at radius 1 is 0.633 bits per heavy atom. The third-order valence-electron chi connectivity index (χ3n) is 5.08. The summed E-state index contributed by atoms with van der Waals surface area (Å²) in [5.74, 6) is 0. The summed E-state index contributed by atoms with van der Waals surface area (Å²) in [4.78, 5) is 2.30. The fourth-order valence-electron chi connectivity index (χ4n) is 3.61. The Morgan fingerprint density at radius 3 is 1.60 bits per heavy atom. The van der Waals surface area contributed by atoms with Crippen molar-refractivity contribution < 1.29 is 0 Å². The molecule has 0 aromatic heterocycles. The standard InChI is InChI=1S/C28H24N2/c1-4-29-25-15-11-23(12-16-25)24-13-17-26(18-14-24)30(27-9-5-7-21(2)19-27)28-10-6-8-22(3)20-28/h1,5-20,29H,2-3H3. The Kier molecular flexibility index (Phi) is 5.54. The van der Waals surface area contributed by atoms with Gasteiger partial charge in [-0.2, -0.15) is 0 Å². The van der Waals surface area contributed by atoms with Gasteiger partial charge in [0.2, 0.25) is 0 Å². The van der Waals surface area contributed by atoms with Gasteiger partial charge in [-0.1, -0.05) is 55.0 Å². The lowest BCUT2D eigenvalue weighted by atomic mass is 10.0. The van der Waals surface area contributed by atoms with Gasteiger partial charge in [0.05, 0.1) is 0 Å². The number of hydrogen-bond donors (Lipinski definition) is 1. The van der Waals surface area contributed by atoms with Crippen molar-refractivity contribution in [2.75, 3.05) is 10.2 Å². The maximum absolute atomic E-state index is 5.30.